The van der Waals surface area contributed by atoms with Gasteiger partial charge < -0.3 is 11.1 Å². The first-order valence-corrected chi connectivity index (χ1v) is 4.19. The molecular formula is C8H16N2O. The van der Waals surface area contributed by atoms with Crippen LogP contribution in [0.5, 0.6) is 0 Å². The highest BCUT2D eigenvalue weighted by Gasteiger charge is 2.23. The Morgan fingerprint density at radius 3 is 2.82 bits per heavy atom. The lowest BCUT2D eigenvalue weighted by Crippen LogP contribution is -2.31. The second kappa shape index (κ2) is 3.72. The van der Waals surface area contributed by atoms with E-state index in [4.69, 9.17) is 5.73 Å². The Morgan fingerprint density at radius 2 is 2.36 bits per heavy atom. The summed E-state index contributed by atoms with van der Waals surface area (Å²) in [5.41, 5.74) is 5.51. The number of carbonyl (C=O) groups excluding carboxylic acids is 1. The van der Waals surface area contributed by atoms with Crippen LogP contribution >= 0.6 is 0 Å². The van der Waals surface area contributed by atoms with Crippen molar-refractivity contribution in [2.75, 3.05) is 6.54 Å². The lowest BCUT2D eigenvalue weighted by Gasteiger charge is -2.10. The van der Waals surface area contributed by atoms with E-state index in [-0.39, 0.29) is 5.91 Å². The third-order valence-corrected chi connectivity index (χ3v) is 2.28. The fraction of sp³-hybridized carbons (Fsp3) is 0.875. The van der Waals surface area contributed by atoms with Crippen molar-refractivity contribution < 1.29 is 4.79 Å². The number of nitrogens with one attached hydrogen (secondary N) is 1. The van der Waals surface area contributed by atoms with E-state index in [1.54, 1.807) is 6.92 Å². The van der Waals surface area contributed by atoms with E-state index < -0.39 is 0 Å². The minimum atomic E-state index is 0.0765. The zero-order valence-corrected chi connectivity index (χ0v) is 6.97. The van der Waals surface area contributed by atoms with Crippen LogP contribution in [0.25, 0.3) is 0 Å². The molecule has 3 N–H and O–H groups in total. The van der Waals surface area contributed by atoms with Crippen LogP contribution in [0.15, 0.2) is 0 Å². The highest BCUT2D eigenvalue weighted by molar-refractivity contribution is 5.73. The number of nitrogens with two attached hydrogens (primary N) is 1. The molecular weight excluding hydrogens is 140 g/mol. The molecule has 64 valence electrons. The van der Waals surface area contributed by atoms with E-state index in [9.17, 15) is 4.79 Å². The summed E-state index contributed by atoms with van der Waals surface area (Å²) < 4.78 is 0. The van der Waals surface area contributed by atoms with Gasteiger partial charge in [0.25, 0.3) is 0 Å². The molecule has 0 aromatic rings. The van der Waals surface area contributed by atoms with E-state index in [1.807, 2.05) is 0 Å². The predicted octanol–water partition coefficient (Wildman–Crippen LogP) is 0.250. The van der Waals surface area contributed by atoms with Gasteiger partial charge in [-0.3, -0.25) is 4.79 Å². The van der Waals surface area contributed by atoms with Gasteiger partial charge in [-0.25, -0.2) is 0 Å². The number of rotatable bonds is 2. The SMILES string of the molecule is CC(=O)N[C@@H]1CC[C@H](CN)C1. The molecule has 0 saturated heterocycles. The molecule has 1 aliphatic carbocycles. The second-order valence-electron chi connectivity index (χ2n) is 3.31. The van der Waals surface area contributed by atoms with Gasteiger partial charge in [-0.2, -0.15) is 0 Å². The minimum Gasteiger partial charge on any atom is -0.354 e. The molecule has 1 rings (SSSR count). The van der Waals surface area contributed by atoms with Crippen LogP contribution in [0.3, 0.4) is 0 Å². The van der Waals surface area contributed by atoms with Gasteiger partial charge in [-0.05, 0) is 31.7 Å². The molecule has 2 atom stereocenters. The van der Waals surface area contributed by atoms with Crippen molar-refractivity contribution in [3.63, 3.8) is 0 Å². The third-order valence-electron chi connectivity index (χ3n) is 2.28. The minimum absolute atomic E-state index is 0.0765. The Hall–Kier alpha value is -0.570. The summed E-state index contributed by atoms with van der Waals surface area (Å²) >= 11 is 0. The van der Waals surface area contributed by atoms with Crippen LogP contribution in [-0.2, 0) is 4.79 Å². The maximum Gasteiger partial charge on any atom is 0.217 e. The first-order valence-electron chi connectivity index (χ1n) is 4.19. The molecule has 1 amide bonds. The Labute approximate surface area is 67.3 Å². The van der Waals surface area contributed by atoms with Crippen LogP contribution in [0.4, 0.5) is 0 Å². The maximum atomic E-state index is 10.7. The standard InChI is InChI=1S/C8H16N2O/c1-6(11)10-8-3-2-7(4-8)5-9/h7-8H,2-5,9H2,1H3,(H,10,11)/t7-,8+/m0/s1. The Balaban J connectivity index is 2.24. The van der Waals surface area contributed by atoms with E-state index in [0.29, 0.717) is 12.0 Å². The van der Waals surface area contributed by atoms with Gasteiger partial charge in [0.1, 0.15) is 0 Å². The molecule has 0 radical (unpaired) electrons. The van der Waals surface area contributed by atoms with Crippen LogP contribution in [-0.4, -0.2) is 18.5 Å². The Bertz CT molecular complexity index is 147. The van der Waals surface area contributed by atoms with E-state index in [0.717, 1.165) is 19.4 Å². The fourth-order valence-corrected chi connectivity index (χ4v) is 1.71. The van der Waals surface area contributed by atoms with Gasteiger partial charge in [0.15, 0.2) is 0 Å². The quantitative estimate of drug-likeness (QED) is 0.602. The van der Waals surface area contributed by atoms with Crippen LogP contribution in [0.2, 0.25) is 0 Å². The largest absolute Gasteiger partial charge is 0.354 e. The molecule has 0 aliphatic heterocycles. The zero-order chi connectivity index (χ0) is 8.27. The molecule has 11 heavy (non-hydrogen) atoms. The zero-order valence-electron chi connectivity index (χ0n) is 6.97. The number of carbonyl (C=O) groups is 1. The molecule has 3 nitrogen and oxygen atoms in total. The first kappa shape index (κ1) is 8.53. The van der Waals surface area contributed by atoms with Gasteiger partial charge >= 0.3 is 0 Å². The summed E-state index contributed by atoms with van der Waals surface area (Å²) in [5.74, 6) is 0.708. The lowest BCUT2D eigenvalue weighted by molar-refractivity contribution is -0.119. The Morgan fingerprint density at radius 1 is 1.64 bits per heavy atom. The molecule has 0 aromatic heterocycles. The summed E-state index contributed by atoms with van der Waals surface area (Å²) in [6.45, 7) is 2.33. The molecule has 1 saturated carbocycles. The van der Waals surface area contributed by atoms with Crippen molar-refractivity contribution in [1.82, 2.24) is 5.32 Å². The predicted molar refractivity (Wildman–Crippen MR) is 44.0 cm³/mol. The smallest absolute Gasteiger partial charge is 0.217 e. The highest BCUT2D eigenvalue weighted by Crippen LogP contribution is 2.24. The van der Waals surface area contributed by atoms with Gasteiger partial charge in [0.2, 0.25) is 5.91 Å². The van der Waals surface area contributed by atoms with Crippen LogP contribution in [0, 0.1) is 5.92 Å². The second-order valence-corrected chi connectivity index (χ2v) is 3.31. The van der Waals surface area contributed by atoms with Crippen molar-refractivity contribution in [3.05, 3.63) is 0 Å². The number of amides is 1. The van der Waals surface area contributed by atoms with Crippen molar-refractivity contribution >= 4 is 5.91 Å². The van der Waals surface area contributed by atoms with E-state index in [2.05, 4.69) is 5.32 Å². The van der Waals surface area contributed by atoms with Crippen LogP contribution < -0.4 is 11.1 Å². The number of hydrogen-bond donors (Lipinski definition) is 2. The van der Waals surface area contributed by atoms with Crippen molar-refractivity contribution in [1.29, 1.82) is 0 Å². The van der Waals surface area contributed by atoms with Gasteiger partial charge in [0.05, 0.1) is 0 Å². The van der Waals surface area contributed by atoms with Crippen LogP contribution in [0.1, 0.15) is 26.2 Å². The van der Waals surface area contributed by atoms with E-state index >= 15 is 0 Å². The van der Waals surface area contributed by atoms with Gasteiger partial charge in [0, 0.05) is 13.0 Å². The van der Waals surface area contributed by atoms with Crippen molar-refractivity contribution in [3.8, 4) is 0 Å². The summed E-state index contributed by atoms with van der Waals surface area (Å²) in [6, 6.07) is 0.390. The summed E-state index contributed by atoms with van der Waals surface area (Å²) in [5, 5.41) is 2.91. The molecule has 0 unspecified atom stereocenters. The molecule has 1 fully saturated rings. The monoisotopic (exact) mass is 156 g/mol. The Kier molecular flexibility index (Phi) is 2.88. The summed E-state index contributed by atoms with van der Waals surface area (Å²) in [6.07, 6.45) is 3.33. The molecule has 3 heteroatoms. The highest BCUT2D eigenvalue weighted by atomic mass is 16.1. The van der Waals surface area contributed by atoms with Gasteiger partial charge in [-0.15, -0.1) is 0 Å². The lowest BCUT2D eigenvalue weighted by atomic mass is 10.1. The molecule has 0 aromatic carbocycles. The third kappa shape index (κ3) is 2.50. The van der Waals surface area contributed by atoms with Gasteiger partial charge in [-0.1, -0.05) is 0 Å². The molecule has 0 spiro atoms. The summed E-state index contributed by atoms with van der Waals surface area (Å²) in [7, 11) is 0. The first-order chi connectivity index (χ1) is 5.22. The van der Waals surface area contributed by atoms with Crippen molar-refractivity contribution in [2.24, 2.45) is 11.7 Å². The fourth-order valence-electron chi connectivity index (χ4n) is 1.71. The molecule has 0 bridgehead atoms. The topological polar surface area (TPSA) is 55.1 Å². The molecule has 1 aliphatic rings. The number of hydrogen-bond acceptors (Lipinski definition) is 2. The normalized spacial score (nSPS) is 30.4. The van der Waals surface area contributed by atoms with E-state index in [1.165, 1.54) is 6.42 Å². The van der Waals surface area contributed by atoms with Crippen molar-refractivity contribution in [2.45, 2.75) is 32.2 Å². The average Bonchev–Trinajstić information content (AvgIpc) is 2.34. The summed E-state index contributed by atoms with van der Waals surface area (Å²) in [4.78, 5) is 10.7. The molecule has 0 heterocycles. The average molecular weight is 156 g/mol. The maximum absolute atomic E-state index is 10.7.